The van der Waals surface area contributed by atoms with Gasteiger partial charge in [-0.15, -0.1) is 0 Å². The molecule has 30 heavy (non-hydrogen) atoms. The van der Waals surface area contributed by atoms with Crippen LogP contribution >= 0.6 is 12.2 Å². The number of nitrogens with one attached hydrogen (secondary N) is 1. The topological polar surface area (TPSA) is 41.1 Å². The second-order valence-corrected chi connectivity index (χ2v) is 7.71. The lowest BCUT2D eigenvalue weighted by Gasteiger charge is -2.16. The molecule has 0 aliphatic carbocycles. The van der Waals surface area contributed by atoms with Crippen LogP contribution in [0, 0.1) is 12.7 Å². The van der Waals surface area contributed by atoms with E-state index >= 15 is 0 Å². The lowest BCUT2D eigenvalue weighted by molar-refractivity contribution is 0.628. The van der Waals surface area contributed by atoms with Crippen molar-refractivity contribution in [3.8, 4) is 22.5 Å². The van der Waals surface area contributed by atoms with Crippen LogP contribution in [0.2, 0.25) is 0 Å². The number of aryl methyl sites for hydroxylation is 1. The molecule has 0 aliphatic heterocycles. The van der Waals surface area contributed by atoms with E-state index in [0.29, 0.717) is 5.11 Å². The molecule has 150 valence electrons. The molecule has 0 radical (unpaired) electrons. The molecule has 6 heteroatoms. The fourth-order valence-corrected chi connectivity index (χ4v) is 3.21. The summed E-state index contributed by atoms with van der Waals surface area (Å²) in [5, 5.41) is 3.82. The van der Waals surface area contributed by atoms with E-state index in [-0.39, 0.29) is 5.82 Å². The number of nitrogens with zero attached hydrogens (tertiary/aromatic N) is 3. The molecule has 0 fully saturated rings. The summed E-state index contributed by atoms with van der Waals surface area (Å²) >= 11 is 5.34. The van der Waals surface area contributed by atoms with Gasteiger partial charge >= 0.3 is 0 Å². The van der Waals surface area contributed by atoms with Gasteiger partial charge in [-0.05, 0) is 61.6 Å². The molecule has 0 atom stereocenters. The highest BCUT2D eigenvalue weighted by molar-refractivity contribution is 7.80. The van der Waals surface area contributed by atoms with Crippen LogP contribution < -0.4 is 5.32 Å². The molecule has 0 saturated carbocycles. The molecule has 0 spiro atoms. The SMILES string of the molecule is Cc1ccc(-c2nc3cc(NC(=S)N(C)C)ccc3nc2-c2ccc(F)cc2)cc1. The van der Waals surface area contributed by atoms with Gasteiger partial charge in [-0.2, -0.15) is 0 Å². The predicted molar refractivity (Wildman–Crippen MR) is 125 cm³/mol. The molecule has 3 aromatic carbocycles. The number of rotatable bonds is 3. The zero-order valence-corrected chi connectivity index (χ0v) is 17.8. The largest absolute Gasteiger partial charge is 0.355 e. The van der Waals surface area contributed by atoms with Gasteiger partial charge in [0.2, 0.25) is 0 Å². The van der Waals surface area contributed by atoms with Gasteiger partial charge < -0.3 is 10.2 Å². The Labute approximate surface area is 180 Å². The maximum atomic E-state index is 13.5. The molecule has 0 aliphatic rings. The van der Waals surface area contributed by atoms with E-state index in [9.17, 15) is 4.39 Å². The Morgan fingerprint density at radius 3 is 2.00 bits per heavy atom. The second kappa shape index (κ2) is 8.16. The van der Waals surface area contributed by atoms with Crippen LogP contribution in [0.4, 0.5) is 10.1 Å². The number of anilines is 1. The molecule has 1 N–H and O–H groups in total. The Balaban J connectivity index is 1.88. The van der Waals surface area contributed by atoms with Crippen molar-refractivity contribution in [3.63, 3.8) is 0 Å². The predicted octanol–water partition coefficient (Wildman–Crippen LogP) is 5.67. The third-order valence-corrected chi connectivity index (χ3v) is 5.23. The van der Waals surface area contributed by atoms with Crippen LogP contribution in [-0.4, -0.2) is 34.1 Å². The quantitative estimate of drug-likeness (QED) is 0.436. The van der Waals surface area contributed by atoms with Crippen LogP contribution in [0.3, 0.4) is 0 Å². The van der Waals surface area contributed by atoms with Crippen molar-refractivity contribution in [2.45, 2.75) is 6.92 Å². The Kier molecular flexibility index (Phi) is 5.42. The monoisotopic (exact) mass is 416 g/mol. The zero-order chi connectivity index (χ0) is 21.3. The van der Waals surface area contributed by atoms with Crippen LogP contribution in [0.5, 0.6) is 0 Å². The van der Waals surface area contributed by atoms with E-state index in [4.69, 9.17) is 22.2 Å². The van der Waals surface area contributed by atoms with Crippen LogP contribution in [-0.2, 0) is 0 Å². The molecule has 0 unspecified atom stereocenters. The fourth-order valence-electron chi connectivity index (χ4n) is 3.09. The van der Waals surface area contributed by atoms with Gasteiger partial charge in [0.15, 0.2) is 5.11 Å². The Hall–Kier alpha value is -3.38. The Morgan fingerprint density at radius 1 is 0.833 bits per heavy atom. The lowest BCUT2D eigenvalue weighted by atomic mass is 10.0. The Morgan fingerprint density at radius 2 is 1.40 bits per heavy atom. The van der Waals surface area contributed by atoms with Crippen molar-refractivity contribution < 1.29 is 4.39 Å². The summed E-state index contributed by atoms with van der Waals surface area (Å²) in [6, 6.07) is 20.3. The number of hydrogen-bond donors (Lipinski definition) is 1. The van der Waals surface area contributed by atoms with E-state index < -0.39 is 0 Å². The lowest BCUT2D eigenvalue weighted by Crippen LogP contribution is -2.26. The minimum Gasteiger partial charge on any atom is -0.355 e. The molecule has 1 aromatic heterocycles. The third kappa shape index (κ3) is 4.14. The molecule has 0 amide bonds. The number of fused-ring (bicyclic) bond motifs is 1. The van der Waals surface area contributed by atoms with Gasteiger partial charge in [-0.1, -0.05) is 29.8 Å². The molecular weight excluding hydrogens is 395 g/mol. The summed E-state index contributed by atoms with van der Waals surface area (Å²) in [6.45, 7) is 2.04. The van der Waals surface area contributed by atoms with Crippen LogP contribution in [0.25, 0.3) is 33.5 Å². The second-order valence-electron chi connectivity index (χ2n) is 7.32. The normalized spacial score (nSPS) is 10.8. The number of halogens is 1. The van der Waals surface area contributed by atoms with E-state index in [0.717, 1.165) is 39.2 Å². The summed E-state index contributed by atoms with van der Waals surface area (Å²) < 4.78 is 13.5. The molecule has 0 saturated heterocycles. The van der Waals surface area contributed by atoms with Gasteiger partial charge in [0, 0.05) is 30.9 Å². The highest BCUT2D eigenvalue weighted by atomic mass is 32.1. The molecule has 4 aromatic rings. The van der Waals surface area contributed by atoms with E-state index in [1.54, 1.807) is 12.1 Å². The van der Waals surface area contributed by atoms with Gasteiger partial charge in [-0.25, -0.2) is 14.4 Å². The number of aromatic nitrogens is 2. The third-order valence-electron chi connectivity index (χ3n) is 4.76. The van der Waals surface area contributed by atoms with Crippen molar-refractivity contribution in [3.05, 3.63) is 78.1 Å². The van der Waals surface area contributed by atoms with E-state index in [2.05, 4.69) is 5.32 Å². The van der Waals surface area contributed by atoms with Crippen LogP contribution in [0.1, 0.15) is 5.56 Å². The average Bonchev–Trinajstić information content (AvgIpc) is 2.74. The standard InChI is InChI=1S/C24H21FN4S/c1-15-4-6-16(7-5-15)23-22(17-8-10-18(25)11-9-17)27-20-13-12-19(14-21(20)28-23)26-24(30)29(2)3/h4-14H,1-3H3,(H,26,30). The maximum absolute atomic E-state index is 13.5. The first-order chi connectivity index (χ1) is 14.4. The van der Waals surface area contributed by atoms with Gasteiger partial charge in [0.25, 0.3) is 0 Å². The molecule has 0 bridgehead atoms. The minimum absolute atomic E-state index is 0.281. The average molecular weight is 417 g/mol. The first-order valence-electron chi connectivity index (χ1n) is 9.54. The van der Waals surface area contributed by atoms with Gasteiger partial charge in [0.1, 0.15) is 5.82 Å². The first kappa shape index (κ1) is 19.9. The summed E-state index contributed by atoms with van der Waals surface area (Å²) in [5.41, 5.74) is 6.76. The Bertz CT molecular complexity index is 1220. The number of thiocarbonyl (C=S) groups is 1. The molecule has 4 nitrogen and oxygen atoms in total. The number of benzene rings is 3. The van der Waals surface area contributed by atoms with E-state index in [1.807, 2.05) is 68.4 Å². The van der Waals surface area contributed by atoms with Crippen molar-refractivity contribution >= 4 is 34.1 Å². The van der Waals surface area contributed by atoms with Crippen molar-refractivity contribution in [2.75, 3.05) is 19.4 Å². The molecular formula is C24H21FN4S. The van der Waals surface area contributed by atoms with Crippen molar-refractivity contribution in [1.29, 1.82) is 0 Å². The summed E-state index contributed by atoms with van der Waals surface area (Å²) in [6.07, 6.45) is 0. The zero-order valence-electron chi connectivity index (χ0n) is 17.0. The van der Waals surface area contributed by atoms with Crippen molar-refractivity contribution in [1.82, 2.24) is 14.9 Å². The molecule has 4 rings (SSSR count). The van der Waals surface area contributed by atoms with Gasteiger partial charge in [0.05, 0.1) is 22.4 Å². The summed E-state index contributed by atoms with van der Waals surface area (Å²) in [5.74, 6) is -0.281. The van der Waals surface area contributed by atoms with Gasteiger partial charge in [-0.3, -0.25) is 0 Å². The summed E-state index contributed by atoms with van der Waals surface area (Å²) in [4.78, 5) is 11.6. The fraction of sp³-hybridized carbons (Fsp3) is 0.125. The van der Waals surface area contributed by atoms with Crippen molar-refractivity contribution in [2.24, 2.45) is 0 Å². The first-order valence-corrected chi connectivity index (χ1v) is 9.94. The highest BCUT2D eigenvalue weighted by Crippen LogP contribution is 2.32. The van der Waals surface area contributed by atoms with E-state index in [1.165, 1.54) is 17.7 Å². The summed E-state index contributed by atoms with van der Waals surface area (Å²) in [7, 11) is 3.78. The highest BCUT2D eigenvalue weighted by Gasteiger charge is 2.14. The molecule has 1 heterocycles. The smallest absolute Gasteiger partial charge is 0.172 e. The maximum Gasteiger partial charge on any atom is 0.172 e. The van der Waals surface area contributed by atoms with Crippen LogP contribution in [0.15, 0.2) is 66.7 Å². The number of hydrogen-bond acceptors (Lipinski definition) is 3. The minimum atomic E-state index is -0.281.